The van der Waals surface area contributed by atoms with Gasteiger partial charge < -0.3 is 10.2 Å². The van der Waals surface area contributed by atoms with E-state index in [1.807, 2.05) is 0 Å². The first kappa shape index (κ1) is 14.9. The second-order valence-electron chi connectivity index (χ2n) is 5.07. The minimum Gasteiger partial charge on any atom is -0.457 e. The minimum atomic E-state index is -3.29. The molecule has 0 aliphatic carbocycles. The van der Waals surface area contributed by atoms with Crippen molar-refractivity contribution in [3.63, 3.8) is 0 Å². The van der Waals surface area contributed by atoms with Crippen LogP contribution >= 0.6 is 0 Å². The summed E-state index contributed by atoms with van der Waals surface area (Å²) in [5.41, 5.74) is 5.36. The lowest BCUT2D eigenvalue weighted by Gasteiger charge is -2.18. The van der Waals surface area contributed by atoms with Crippen molar-refractivity contribution in [1.82, 2.24) is 0 Å². The van der Waals surface area contributed by atoms with Gasteiger partial charge in [0, 0.05) is 6.42 Å². The Morgan fingerprint density at radius 3 is 2.39 bits per heavy atom. The predicted molar refractivity (Wildman–Crippen MR) is 69.1 cm³/mol. The van der Waals surface area contributed by atoms with Crippen LogP contribution in [0.2, 0.25) is 0 Å². The topological polar surface area (TPSA) is 90.4 Å². The van der Waals surface area contributed by atoms with E-state index in [1.54, 1.807) is 26.8 Å². The predicted octanol–water partition coefficient (Wildman–Crippen LogP) is 1.52. The van der Waals surface area contributed by atoms with Gasteiger partial charge in [-0.2, -0.15) is 0 Å². The number of Topliss-reactive ketones (excluding diaryl/α,β-unsaturated/α-hetero) is 1. The molecule has 0 bridgehead atoms. The van der Waals surface area contributed by atoms with Crippen LogP contribution in [-0.4, -0.2) is 24.7 Å². The third kappa shape index (κ3) is 3.43. The highest BCUT2D eigenvalue weighted by molar-refractivity contribution is 7.92. The van der Waals surface area contributed by atoms with Crippen molar-refractivity contribution in [2.45, 2.75) is 38.5 Å². The lowest BCUT2D eigenvalue weighted by molar-refractivity contribution is 0.0960. The first-order valence-corrected chi connectivity index (χ1v) is 7.37. The van der Waals surface area contributed by atoms with E-state index < -0.39 is 14.6 Å². The second kappa shape index (κ2) is 5.24. The van der Waals surface area contributed by atoms with E-state index >= 15 is 0 Å². The molecule has 0 radical (unpaired) electrons. The molecule has 6 heteroatoms. The molecule has 0 saturated heterocycles. The third-order valence-corrected chi connectivity index (χ3v) is 5.28. The number of sulfone groups is 1. The molecule has 0 fully saturated rings. The fraction of sp³-hybridized carbons (Fsp3) is 0.583. The quantitative estimate of drug-likeness (QED) is 0.821. The molecule has 102 valence electrons. The fourth-order valence-corrected chi connectivity index (χ4v) is 2.36. The molecular weight excluding hydrogens is 254 g/mol. The van der Waals surface area contributed by atoms with Crippen LogP contribution in [0.15, 0.2) is 16.5 Å². The first-order valence-electron chi connectivity index (χ1n) is 5.71. The number of furan rings is 1. The van der Waals surface area contributed by atoms with Crippen LogP contribution in [0.3, 0.4) is 0 Å². The van der Waals surface area contributed by atoms with E-state index in [-0.39, 0.29) is 30.3 Å². The maximum atomic E-state index is 11.8. The van der Waals surface area contributed by atoms with E-state index in [0.717, 1.165) is 0 Å². The Morgan fingerprint density at radius 1 is 1.33 bits per heavy atom. The Balaban J connectivity index is 2.68. The molecule has 0 unspecified atom stereocenters. The Bertz CT molecular complexity index is 523. The van der Waals surface area contributed by atoms with Crippen molar-refractivity contribution in [1.29, 1.82) is 0 Å². The van der Waals surface area contributed by atoms with Gasteiger partial charge in [-0.3, -0.25) is 4.79 Å². The summed E-state index contributed by atoms with van der Waals surface area (Å²) >= 11 is 0. The van der Waals surface area contributed by atoms with E-state index in [2.05, 4.69) is 0 Å². The normalized spacial score (nSPS) is 12.7. The lowest BCUT2D eigenvalue weighted by Crippen LogP contribution is -2.31. The molecule has 0 aliphatic rings. The van der Waals surface area contributed by atoms with E-state index in [4.69, 9.17) is 10.2 Å². The molecule has 2 N–H and O–H groups in total. The van der Waals surface area contributed by atoms with Crippen molar-refractivity contribution < 1.29 is 17.6 Å². The van der Waals surface area contributed by atoms with Crippen LogP contribution in [0.5, 0.6) is 0 Å². The van der Waals surface area contributed by atoms with Crippen LogP contribution in [0.1, 0.15) is 43.5 Å². The smallest absolute Gasteiger partial charge is 0.199 e. The molecule has 0 amide bonds. The zero-order valence-corrected chi connectivity index (χ0v) is 11.7. The zero-order chi connectivity index (χ0) is 14.0. The van der Waals surface area contributed by atoms with Crippen LogP contribution in [0.4, 0.5) is 0 Å². The maximum Gasteiger partial charge on any atom is 0.199 e. The fourth-order valence-electron chi connectivity index (χ4n) is 1.29. The van der Waals surface area contributed by atoms with Crippen LogP contribution in [-0.2, 0) is 16.4 Å². The van der Waals surface area contributed by atoms with E-state index in [0.29, 0.717) is 5.76 Å². The standard InChI is InChI=1S/C12H19NO4S/c1-12(2,3)18(15,16)7-6-10(14)11-5-4-9(8-13)17-11/h4-5H,6-8,13H2,1-3H3. The average Bonchev–Trinajstić information content (AvgIpc) is 2.73. The summed E-state index contributed by atoms with van der Waals surface area (Å²) < 4.78 is 28.0. The molecule has 0 saturated carbocycles. The highest BCUT2D eigenvalue weighted by Gasteiger charge is 2.29. The molecule has 1 rings (SSSR count). The molecule has 18 heavy (non-hydrogen) atoms. The summed E-state index contributed by atoms with van der Waals surface area (Å²) in [6.45, 7) is 5.07. The average molecular weight is 273 g/mol. The van der Waals surface area contributed by atoms with Gasteiger partial charge in [-0.05, 0) is 32.9 Å². The summed E-state index contributed by atoms with van der Waals surface area (Å²) in [4.78, 5) is 11.7. The number of ketones is 1. The van der Waals surface area contributed by atoms with Gasteiger partial charge in [0.05, 0.1) is 17.0 Å². The van der Waals surface area contributed by atoms with Gasteiger partial charge in [-0.25, -0.2) is 8.42 Å². The van der Waals surface area contributed by atoms with Crippen molar-refractivity contribution in [3.05, 3.63) is 23.7 Å². The summed E-state index contributed by atoms with van der Waals surface area (Å²) in [6.07, 6.45) is -0.0723. The third-order valence-electron chi connectivity index (χ3n) is 2.67. The minimum absolute atomic E-state index is 0.0723. The largest absolute Gasteiger partial charge is 0.457 e. The first-order chi connectivity index (χ1) is 8.17. The molecule has 0 spiro atoms. The van der Waals surface area contributed by atoms with E-state index in [1.165, 1.54) is 6.07 Å². The van der Waals surface area contributed by atoms with Crippen molar-refractivity contribution >= 4 is 15.6 Å². The van der Waals surface area contributed by atoms with Gasteiger partial charge >= 0.3 is 0 Å². The van der Waals surface area contributed by atoms with Crippen molar-refractivity contribution in [3.8, 4) is 0 Å². The van der Waals surface area contributed by atoms with Crippen LogP contribution in [0, 0.1) is 0 Å². The number of carbonyl (C=O) groups excluding carboxylic acids is 1. The van der Waals surface area contributed by atoms with Gasteiger partial charge in [0.2, 0.25) is 0 Å². The second-order valence-corrected chi connectivity index (χ2v) is 7.94. The van der Waals surface area contributed by atoms with E-state index in [9.17, 15) is 13.2 Å². The number of carbonyl (C=O) groups is 1. The van der Waals surface area contributed by atoms with Crippen LogP contribution < -0.4 is 5.73 Å². The highest BCUT2D eigenvalue weighted by atomic mass is 32.2. The number of hydrogen-bond acceptors (Lipinski definition) is 5. The molecule has 0 atom stereocenters. The van der Waals surface area contributed by atoms with Gasteiger partial charge in [-0.15, -0.1) is 0 Å². The molecule has 0 aromatic carbocycles. The summed E-state index contributed by atoms with van der Waals surface area (Å²) in [6, 6.07) is 3.14. The van der Waals surface area contributed by atoms with Gasteiger partial charge in [0.25, 0.3) is 0 Å². The van der Waals surface area contributed by atoms with Gasteiger partial charge in [-0.1, -0.05) is 0 Å². The summed E-state index contributed by atoms with van der Waals surface area (Å²) in [5, 5.41) is 0. The highest BCUT2D eigenvalue weighted by Crippen LogP contribution is 2.18. The molecule has 1 heterocycles. The zero-order valence-electron chi connectivity index (χ0n) is 10.9. The molecule has 1 aromatic rings. The lowest BCUT2D eigenvalue weighted by atomic mass is 10.2. The Kier molecular flexibility index (Phi) is 4.34. The molecule has 1 aromatic heterocycles. The Hall–Kier alpha value is -1.14. The molecule has 0 aliphatic heterocycles. The van der Waals surface area contributed by atoms with Gasteiger partial charge in [0.15, 0.2) is 21.4 Å². The number of rotatable bonds is 5. The monoisotopic (exact) mass is 273 g/mol. The molecular formula is C12H19NO4S. The Morgan fingerprint density at radius 2 is 1.94 bits per heavy atom. The van der Waals surface area contributed by atoms with Gasteiger partial charge in [0.1, 0.15) is 5.76 Å². The Labute approximate surface area is 107 Å². The van der Waals surface area contributed by atoms with Crippen LogP contribution in [0.25, 0.3) is 0 Å². The summed E-state index contributed by atoms with van der Waals surface area (Å²) in [7, 11) is -3.29. The van der Waals surface area contributed by atoms with Crippen molar-refractivity contribution in [2.24, 2.45) is 5.73 Å². The SMILES string of the molecule is CC(C)(C)S(=O)(=O)CCC(=O)c1ccc(CN)o1. The summed E-state index contributed by atoms with van der Waals surface area (Å²) in [5.74, 6) is 0.188. The molecule has 5 nitrogen and oxygen atoms in total. The number of nitrogens with two attached hydrogens (primary N) is 1. The van der Waals surface area contributed by atoms with Crippen molar-refractivity contribution in [2.75, 3.05) is 5.75 Å². The number of hydrogen-bond donors (Lipinski definition) is 1. The maximum absolute atomic E-state index is 11.8.